The monoisotopic (exact) mass is 287 g/mol. The smallest absolute Gasteiger partial charge is 0.306 e. The van der Waals surface area contributed by atoms with Crippen LogP contribution in [0.1, 0.15) is 31.7 Å². The Bertz CT molecular complexity index is 686. The van der Waals surface area contributed by atoms with Crippen molar-refractivity contribution in [1.29, 1.82) is 0 Å². The van der Waals surface area contributed by atoms with Crippen molar-refractivity contribution in [2.45, 2.75) is 31.7 Å². The van der Waals surface area contributed by atoms with Gasteiger partial charge in [-0.05, 0) is 25.7 Å². The first kappa shape index (κ1) is 12.6. The third-order valence-electron chi connectivity index (χ3n) is 4.42. The number of carboxylic acid groups (broad SMARTS) is 1. The number of carbonyl (C=O) groups is 1. The molecule has 7 nitrogen and oxygen atoms in total. The van der Waals surface area contributed by atoms with Crippen molar-refractivity contribution >= 4 is 23.0 Å². The summed E-state index contributed by atoms with van der Waals surface area (Å²) in [7, 11) is 0. The summed E-state index contributed by atoms with van der Waals surface area (Å²) in [5.41, 5.74) is 1.72. The highest BCUT2D eigenvalue weighted by molar-refractivity contribution is 5.83. The maximum absolute atomic E-state index is 11.0. The molecule has 21 heavy (non-hydrogen) atoms. The molecule has 3 heterocycles. The normalized spacial score (nSPS) is 20.1. The number of hydrogen-bond acceptors (Lipinski definition) is 5. The second-order valence-electron chi connectivity index (χ2n) is 5.85. The predicted octanol–water partition coefficient (Wildman–Crippen LogP) is 1.46. The highest BCUT2D eigenvalue weighted by Gasteiger charge is 2.29. The molecule has 0 bridgehead atoms. The van der Waals surface area contributed by atoms with E-state index in [1.165, 1.54) is 12.8 Å². The highest BCUT2D eigenvalue weighted by Crippen LogP contribution is 2.37. The molecule has 7 heteroatoms. The third kappa shape index (κ3) is 2.12. The van der Waals surface area contributed by atoms with Crippen LogP contribution >= 0.6 is 0 Å². The van der Waals surface area contributed by atoms with Gasteiger partial charge in [0.1, 0.15) is 6.33 Å². The fourth-order valence-electron chi connectivity index (χ4n) is 3.03. The molecule has 110 valence electrons. The number of imidazole rings is 1. The zero-order valence-electron chi connectivity index (χ0n) is 11.6. The lowest BCUT2D eigenvalue weighted by molar-refractivity contribution is -0.142. The number of aliphatic carboxylic acids is 1. The summed E-state index contributed by atoms with van der Waals surface area (Å²) in [6.45, 7) is 1.42. The average molecular weight is 287 g/mol. The zero-order chi connectivity index (χ0) is 14.4. The van der Waals surface area contributed by atoms with Gasteiger partial charge in [-0.25, -0.2) is 15.0 Å². The van der Waals surface area contributed by atoms with Gasteiger partial charge in [0.05, 0.1) is 12.2 Å². The fraction of sp³-hybridized carbons (Fsp3) is 0.571. The van der Waals surface area contributed by atoms with Gasteiger partial charge < -0.3 is 14.6 Å². The van der Waals surface area contributed by atoms with Crippen molar-refractivity contribution in [3.8, 4) is 0 Å². The molecule has 0 radical (unpaired) electrons. The van der Waals surface area contributed by atoms with Gasteiger partial charge in [-0.3, -0.25) is 4.79 Å². The molecule has 1 N–H and O–H groups in total. The lowest BCUT2D eigenvalue weighted by Gasteiger charge is -2.30. The number of fused-ring (bicyclic) bond motifs is 1. The molecule has 0 aromatic carbocycles. The summed E-state index contributed by atoms with van der Waals surface area (Å²) in [5, 5.41) is 9.08. The van der Waals surface area contributed by atoms with Crippen LogP contribution in [-0.2, 0) is 4.79 Å². The molecule has 2 aromatic rings. The van der Waals surface area contributed by atoms with Crippen molar-refractivity contribution in [3.63, 3.8) is 0 Å². The van der Waals surface area contributed by atoms with Crippen molar-refractivity contribution in [1.82, 2.24) is 19.5 Å². The van der Waals surface area contributed by atoms with Gasteiger partial charge in [0.15, 0.2) is 17.0 Å². The van der Waals surface area contributed by atoms with Gasteiger partial charge in [-0.1, -0.05) is 0 Å². The Morgan fingerprint density at radius 2 is 1.90 bits per heavy atom. The van der Waals surface area contributed by atoms with Gasteiger partial charge in [-0.2, -0.15) is 0 Å². The van der Waals surface area contributed by atoms with E-state index in [9.17, 15) is 4.79 Å². The Labute approximate surface area is 121 Å². The molecule has 1 aliphatic carbocycles. The van der Waals surface area contributed by atoms with Crippen LogP contribution in [0.3, 0.4) is 0 Å². The Morgan fingerprint density at radius 3 is 2.57 bits per heavy atom. The molecule has 0 amide bonds. The second kappa shape index (κ2) is 4.68. The van der Waals surface area contributed by atoms with Crippen molar-refractivity contribution in [3.05, 3.63) is 12.7 Å². The van der Waals surface area contributed by atoms with Crippen LogP contribution in [0.5, 0.6) is 0 Å². The van der Waals surface area contributed by atoms with Crippen LogP contribution < -0.4 is 4.90 Å². The lowest BCUT2D eigenvalue weighted by atomic mass is 9.97. The number of nitrogens with zero attached hydrogens (tertiary/aromatic N) is 5. The SMILES string of the molecule is O=C(O)C1CCN(c2ncnc3c2ncn3C2CC2)CC1. The van der Waals surface area contributed by atoms with Crippen molar-refractivity contribution in [2.24, 2.45) is 5.92 Å². The maximum atomic E-state index is 11.0. The topological polar surface area (TPSA) is 84.1 Å². The molecule has 2 fully saturated rings. The van der Waals surface area contributed by atoms with E-state index in [-0.39, 0.29) is 5.92 Å². The highest BCUT2D eigenvalue weighted by atomic mass is 16.4. The molecular formula is C14H17N5O2. The molecule has 0 unspecified atom stereocenters. The average Bonchev–Trinajstić information content (AvgIpc) is 3.26. The van der Waals surface area contributed by atoms with E-state index in [2.05, 4.69) is 24.4 Å². The number of hydrogen-bond donors (Lipinski definition) is 1. The number of rotatable bonds is 3. The zero-order valence-corrected chi connectivity index (χ0v) is 11.6. The molecule has 1 aliphatic heterocycles. The first-order valence-electron chi connectivity index (χ1n) is 7.39. The van der Waals surface area contributed by atoms with Crippen LogP contribution in [-0.4, -0.2) is 43.7 Å². The third-order valence-corrected chi connectivity index (χ3v) is 4.42. The molecular weight excluding hydrogens is 270 g/mol. The lowest BCUT2D eigenvalue weighted by Crippen LogP contribution is -2.36. The minimum Gasteiger partial charge on any atom is -0.481 e. The van der Waals surface area contributed by atoms with E-state index < -0.39 is 5.97 Å². The van der Waals surface area contributed by atoms with Gasteiger partial charge in [-0.15, -0.1) is 0 Å². The summed E-state index contributed by atoms with van der Waals surface area (Å²) in [5.74, 6) is -0.0914. The standard InChI is InChI=1S/C14H17N5O2/c20-14(21)9-3-5-18(6-4-9)12-11-13(16-7-15-12)19(8-17-11)10-1-2-10/h7-10H,1-6H2,(H,20,21). The molecule has 0 atom stereocenters. The van der Waals surface area contributed by atoms with E-state index in [1.54, 1.807) is 6.33 Å². The van der Waals surface area contributed by atoms with Crippen LogP contribution in [0.25, 0.3) is 11.2 Å². The van der Waals surface area contributed by atoms with E-state index >= 15 is 0 Å². The van der Waals surface area contributed by atoms with Crippen LogP contribution in [0.2, 0.25) is 0 Å². The van der Waals surface area contributed by atoms with Gasteiger partial charge in [0.25, 0.3) is 0 Å². The predicted molar refractivity (Wildman–Crippen MR) is 76.2 cm³/mol. The van der Waals surface area contributed by atoms with Gasteiger partial charge >= 0.3 is 5.97 Å². The van der Waals surface area contributed by atoms with Crippen LogP contribution in [0.15, 0.2) is 12.7 Å². The molecule has 4 rings (SSSR count). The van der Waals surface area contributed by atoms with Crippen LogP contribution in [0.4, 0.5) is 5.82 Å². The second-order valence-corrected chi connectivity index (χ2v) is 5.85. The van der Waals surface area contributed by atoms with E-state index in [0.717, 1.165) is 17.0 Å². The van der Waals surface area contributed by atoms with E-state index in [0.29, 0.717) is 32.0 Å². The van der Waals surface area contributed by atoms with Crippen LogP contribution in [0, 0.1) is 5.92 Å². The first-order chi connectivity index (χ1) is 10.2. The molecule has 2 aliphatic rings. The van der Waals surface area contributed by atoms with Crippen molar-refractivity contribution < 1.29 is 9.90 Å². The summed E-state index contributed by atoms with van der Waals surface area (Å²) in [6.07, 6.45) is 7.13. The summed E-state index contributed by atoms with van der Waals surface area (Å²) in [6, 6.07) is 0.537. The quantitative estimate of drug-likeness (QED) is 0.920. The Balaban J connectivity index is 1.63. The minimum atomic E-state index is -0.694. The fourth-order valence-corrected chi connectivity index (χ4v) is 3.03. The summed E-state index contributed by atoms with van der Waals surface area (Å²) < 4.78 is 2.13. The molecule has 1 saturated carbocycles. The van der Waals surface area contributed by atoms with Gasteiger partial charge in [0.2, 0.25) is 0 Å². The molecule has 2 aromatic heterocycles. The number of carboxylic acids is 1. The van der Waals surface area contributed by atoms with Crippen molar-refractivity contribution in [2.75, 3.05) is 18.0 Å². The Morgan fingerprint density at radius 1 is 1.14 bits per heavy atom. The van der Waals surface area contributed by atoms with Gasteiger partial charge in [0, 0.05) is 19.1 Å². The first-order valence-corrected chi connectivity index (χ1v) is 7.39. The Hall–Kier alpha value is -2.18. The number of anilines is 1. The Kier molecular flexibility index (Phi) is 2.80. The number of aromatic nitrogens is 4. The van der Waals surface area contributed by atoms with E-state index in [1.807, 2.05) is 6.33 Å². The summed E-state index contributed by atoms with van der Waals surface area (Å²) in [4.78, 5) is 26.4. The molecule has 0 spiro atoms. The minimum absolute atomic E-state index is 0.234. The summed E-state index contributed by atoms with van der Waals surface area (Å²) >= 11 is 0. The molecule has 1 saturated heterocycles. The maximum Gasteiger partial charge on any atom is 0.306 e. The number of piperidine rings is 1. The van der Waals surface area contributed by atoms with E-state index in [4.69, 9.17) is 5.11 Å². The largest absolute Gasteiger partial charge is 0.481 e.